The van der Waals surface area contributed by atoms with Gasteiger partial charge in [0, 0.05) is 12.5 Å². The summed E-state index contributed by atoms with van der Waals surface area (Å²) >= 11 is 0. The number of ether oxygens (including phenoxy) is 2. The summed E-state index contributed by atoms with van der Waals surface area (Å²) in [7, 11) is 0. The molecule has 1 aromatic heterocycles. The van der Waals surface area contributed by atoms with Crippen LogP contribution in [0.2, 0.25) is 0 Å². The standard InChI is InChI=1S/C23H23NO4/c1-2-26-23(25)14-12-19-9-6-10-21(15-19)27-16-20-17-28-22(24-20)13-11-18-7-4-3-5-8-18/h3-11,13,15,17H,2,12,14,16H2,1H3/b13-11+. The first-order valence-corrected chi connectivity index (χ1v) is 9.28. The fraction of sp³-hybridized carbons (Fsp3) is 0.217. The van der Waals surface area contributed by atoms with Gasteiger partial charge in [0.25, 0.3) is 0 Å². The summed E-state index contributed by atoms with van der Waals surface area (Å²) < 4.78 is 16.2. The maximum absolute atomic E-state index is 11.5. The van der Waals surface area contributed by atoms with Gasteiger partial charge in [0.1, 0.15) is 24.3 Å². The van der Waals surface area contributed by atoms with Crippen molar-refractivity contribution in [2.24, 2.45) is 0 Å². The quantitative estimate of drug-likeness (QED) is 0.495. The van der Waals surface area contributed by atoms with Crippen LogP contribution in [-0.2, 0) is 22.6 Å². The summed E-state index contributed by atoms with van der Waals surface area (Å²) in [5, 5.41) is 0. The lowest BCUT2D eigenvalue weighted by atomic mass is 10.1. The van der Waals surface area contributed by atoms with Gasteiger partial charge in [-0.2, -0.15) is 0 Å². The molecule has 0 atom stereocenters. The van der Waals surface area contributed by atoms with Crippen molar-refractivity contribution in [3.8, 4) is 5.75 Å². The highest BCUT2D eigenvalue weighted by molar-refractivity contribution is 5.69. The average molecular weight is 377 g/mol. The Kier molecular flexibility index (Phi) is 7.01. The van der Waals surface area contributed by atoms with Crippen LogP contribution in [0.15, 0.2) is 65.3 Å². The number of carbonyl (C=O) groups excluding carboxylic acids is 1. The minimum absolute atomic E-state index is 0.187. The van der Waals surface area contributed by atoms with E-state index in [1.165, 1.54) is 0 Å². The largest absolute Gasteiger partial charge is 0.487 e. The van der Waals surface area contributed by atoms with Crippen LogP contribution in [0, 0.1) is 0 Å². The zero-order valence-corrected chi connectivity index (χ0v) is 15.8. The van der Waals surface area contributed by atoms with E-state index >= 15 is 0 Å². The van der Waals surface area contributed by atoms with Gasteiger partial charge < -0.3 is 13.9 Å². The summed E-state index contributed by atoms with van der Waals surface area (Å²) in [5.74, 6) is 1.07. The Bertz CT molecular complexity index is 915. The molecule has 28 heavy (non-hydrogen) atoms. The first kappa shape index (κ1) is 19.4. The van der Waals surface area contributed by atoms with E-state index < -0.39 is 0 Å². The molecule has 0 bridgehead atoms. The first-order chi connectivity index (χ1) is 13.7. The Balaban J connectivity index is 1.52. The zero-order valence-electron chi connectivity index (χ0n) is 15.8. The lowest BCUT2D eigenvalue weighted by Gasteiger charge is -2.07. The van der Waals surface area contributed by atoms with Crippen LogP contribution < -0.4 is 4.74 Å². The molecule has 3 aromatic rings. The maximum Gasteiger partial charge on any atom is 0.306 e. The Hall–Kier alpha value is -3.34. The number of hydrogen-bond acceptors (Lipinski definition) is 5. The molecule has 0 radical (unpaired) electrons. The highest BCUT2D eigenvalue weighted by atomic mass is 16.5. The molecule has 0 N–H and O–H groups in total. The molecule has 0 aliphatic heterocycles. The van der Waals surface area contributed by atoms with Gasteiger partial charge >= 0.3 is 5.97 Å². The molecule has 0 saturated carbocycles. The number of benzene rings is 2. The van der Waals surface area contributed by atoms with Crippen molar-refractivity contribution in [1.29, 1.82) is 0 Å². The summed E-state index contributed by atoms with van der Waals surface area (Å²) in [6.45, 7) is 2.52. The van der Waals surface area contributed by atoms with Crippen LogP contribution in [0.4, 0.5) is 0 Å². The fourth-order valence-corrected chi connectivity index (χ4v) is 2.62. The zero-order chi connectivity index (χ0) is 19.6. The number of aryl methyl sites for hydroxylation is 1. The number of rotatable bonds is 9. The third-order valence-electron chi connectivity index (χ3n) is 4.00. The highest BCUT2D eigenvalue weighted by Gasteiger charge is 2.05. The van der Waals surface area contributed by atoms with Crippen molar-refractivity contribution >= 4 is 18.1 Å². The molecule has 5 nitrogen and oxygen atoms in total. The molecule has 144 valence electrons. The van der Waals surface area contributed by atoms with Crippen molar-refractivity contribution in [3.05, 3.63) is 83.6 Å². The molecule has 0 aliphatic carbocycles. The normalized spacial score (nSPS) is 10.9. The molecule has 0 aliphatic rings. The van der Waals surface area contributed by atoms with Crippen molar-refractivity contribution in [1.82, 2.24) is 4.98 Å². The molecule has 0 unspecified atom stereocenters. The predicted molar refractivity (Wildman–Crippen MR) is 108 cm³/mol. The van der Waals surface area contributed by atoms with Crippen molar-refractivity contribution in [2.75, 3.05) is 6.61 Å². The van der Waals surface area contributed by atoms with Crippen LogP contribution in [0.5, 0.6) is 5.75 Å². The molecule has 2 aromatic carbocycles. The van der Waals surface area contributed by atoms with Gasteiger partial charge in [-0.25, -0.2) is 4.98 Å². The summed E-state index contributed by atoms with van der Waals surface area (Å²) in [6, 6.07) is 17.6. The lowest BCUT2D eigenvalue weighted by molar-refractivity contribution is -0.143. The van der Waals surface area contributed by atoms with E-state index in [9.17, 15) is 4.79 Å². The van der Waals surface area contributed by atoms with E-state index in [2.05, 4.69) is 4.98 Å². The Labute approximate surface area is 164 Å². The second kappa shape index (κ2) is 10.1. The van der Waals surface area contributed by atoms with E-state index in [0.717, 1.165) is 16.9 Å². The molecule has 0 amide bonds. The van der Waals surface area contributed by atoms with Gasteiger partial charge in [0.2, 0.25) is 5.89 Å². The van der Waals surface area contributed by atoms with Gasteiger partial charge in [0.15, 0.2) is 0 Å². The van der Waals surface area contributed by atoms with Crippen molar-refractivity contribution < 1.29 is 18.7 Å². The SMILES string of the molecule is CCOC(=O)CCc1cccc(OCc2coc(/C=C/c3ccccc3)n2)c1. The number of esters is 1. The van der Waals surface area contributed by atoms with Crippen LogP contribution in [0.1, 0.15) is 36.1 Å². The van der Waals surface area contributed by atoms with Crippen LogP contribution in [-0.4, -0.2) is 17.6 Å². The molecule has 0 saturated heterocycles. The predicted octanol–water partition coefficient (Wildman–Crippen LogP) is 4.92. The van der Waals surface area contributed by atoms with Crippen molar-refractivity contribution in [2.45, 2.75) is 26.4 Å². The number of oxazole rings is 1. The second-order valence-corrected chi connectivity index (χ2v) is 6.16. The van der Waals surface area contributed by atoms with Gasteiger partial charge in [-0.05, 0) is 42.7 Å². The Morgan fingerprint density at radius 1 is 1.11 bits per heavy atom. The lowest BCUT2D eigenvalue weighted by Crippen LogP contribution is -2.05. The summed E-state index contributed by atoms with van der Waals surface area (Å²) in [4.78, 5) is 15.9. The van der Waals surface area contributed by atoms with E-state index in [0.29, 0.717) is 37.6 Å². The minimum Gasteiger partial charge on any atom is -0.487 e. The van der Waals surface area contributed by atoms with Crippen molar-refractivity contribution in [3.63, 3.8) is 0 Å². The molecule has 1 heterocycles. The molecule has 0 spiro atoms. The van der Waals surface area contributed by atoms with Gasteiger partial charge in [0.05, 0.1) is 6.61 Å². The molecule has 3 rings (SSSR count). The van der Waals surface area contributed by atoms with Gasteiger partial charge in [-0.1, -0.05) is 42.5 Å². The van der Waals surface area contributed by atoms with Crippen LogP contribution in [0.25, 0.3) is 12.2 Å². The van der Waals surface area contributed by atoms with Gasteiger partial charge in [-0.15, -0.1) is 0 Å². The molecular formula is C23H23NO4. The smallest absolute Gasteiger partial charge is 0.306 e. The highest BCUT2D eigenvalue weighted by Crippen LogP contribution is 2.17. The maximum atomic E-state index is 11.5. The number of aromatic nitrogens is 1. The number of nitrogens with zero attached hydrogens (tertiary/aromatic N) is 1. The Morgan fingerprint density at radius 3 is 2.79 bits per heavy atom. The van der Waals surface area contributed by atoms with E-state index in [1.807, 2.05) is 66.7 Å². The topological polar surface area (TPSA) is 61.6 Å². The van der Waals surface area contributed by atoms with Crippen LogP contribution in [0.3, 0.4) is 0 Å². The van der Waals surface area contributed by atoms with Gasteiger partial charge in [-0.3, -0.25) is 4.79 Å². The molecule has 5 heteroatoms. The monoisotopic (exact) mass is 377 g/mol. The number of carbonyl (C=O) groups is 1. The van der Waals surface area contributed by atoms with E-state index in [-0.39, 0.29) is 5.97 Å². The summed E-state index contributed by atoms with van der Waals surface area (Å²) in [6.07, 6.45) is 6.35. The number of hydrogen-bond donors (Lipinski definition) is 0. The van der Waals surface area contributed by atoms with E-state index in [4.69, 9.17) is 13.9 Å². The molecular weight excluding hydrogens is 354 g/mol. The third-order valence-corrected chi connectivity index (χ3v) is 4.00. The van der Waals surface area contributed by atoms with Crippen LogP contribution >= 0.6 is 0 Å². The average Bonchev–Trinajstić information content (AvgIpc) is 3.18. The minimum atomic E-state index is -0.187. The fourth-order valence-electron chi connectivity index (χ4n) is 2.62. The second-order valence-electron chi connectivity index (χ2n) is 6.16. The first-order valence-electron chi connectivity index (χ1n) is 9.28. The molecule has 0 fully saturated rings. The third kappa shape index (κ3) is 6.13. The Morgan fingerprint density at radius 2 is 1.96 bits per heavy atom. The summed E-state index contributed by atoms with van der Waals surface area (Å²) in [5.41, 5.74) is 2.82. The van der Waals surface area contributed by atoms with E-state index in [1.54, 1.807) is 13.2 Å².